The largest absolute Gasteiger partial charge is 0.508 e. The van der Waals surface area contributed by atoms with Gasteiger partial charge in [0.15, 0.2) is 0 Å². The van der Waals surface area contributed by atoms with Crippen molar-refractivity contribution in [3.63, 3.8) is 0 Å². The minimum Gasteiger partial charge on any atom is -0.508 e. The quantitative estimate of drug-likeness (QED) is 0.0626. The molecule has 8 atom stereocenters. The molecule has 2 saturated carbocycles. The molecule has 2 N–H and O–H groups in total. The van der Waals surface area contributed by atoms with E-state index in [1.165, 1.54) is 100.0 Å². The molecule has 4 aromatic carbocycles. The number of carbonyl (C=O) groups is 6. The van der Waals surface area contributed by atoms with Crippen LogP contribution >= 0.6 is 0 Å². The van der Waals surface area contributed by atoms with Gasteiger partial charge in [-0.25, -0.2) is 0 Å². The number of aromatic hydroxyl groups is 2. The zero-order chi connectivity index (χ0) is 51.6. The summed E-state index contributed by atoms with van der Waals surface area (Å²) in [7, 11) is 0. The first kappa shape index (κ1) is 88.9. The Hall–Kier alpha value is -6.30. The molecule has 0 aromatic heterocycles. The Bertz CT molecular complexity index is 2500. The summed E-state index contributed by atoms with van der Waals surface area (Å²) in [5, 5.41) is 19.5. The van der Waals surface area contributed by atoms with E-state index in [0.717, 1.165) is 36.8 Å². The van der Waals surface area contributed by atoms with Crippen LogP contribution in [-0.2, 0) is 28.8 Å². The van der Waals surface area contributed by atoms with E-state index in [1.807, 2.05) is 38.1 Å². The second-order valence-corrected chi connectivity index (χ2v) is 20.8. The van der Waals surface area contributed by atoms with Crippen molar-refractivity contribution < 1.29 is 48.5 Å². The van der Waals surface area contributed by atoms with Gasteiger partial charge in [-0.1, -0.05) is 218 Å². The molecule has 2 heterocycles. The van der Waals surface area contributed by atoms with Crippen LogP contribution in [0, 0.1) is 47.3 Å². The van der Waals surface area contributed by atoms with Crippen LogP contribution in [0.2, 0.25) is 0 Å². The Morgan fingerprint density at radius 1 is 0.440 bits per heavy atom. The summed E-state index contributed by atoms with van der Waals surface area (Å²) in [6.07, 6.45) is 16.3. The Kier molecular flexibility index (Phi) is 43.3. The number of amides is 4. The third-order valence-corrected chi connectivity index (χ3v) is 16.3. The van der Waals surface area contributed by atoms with Gasteiger partial charge in [0.05, 0.1) is 23.2 Å². The fraction of sp³-hybridized carbons (Fsp3) is 0.583. The number of benzene rings is 4. The van der Waals surface area contributed by atoms with Crippen LogP contribution in [0.15, 0.2) is 97.1 Å². The average molecular weight is 1180 g/mol. The molecule has 12 heteroatoms. The van der Waals surface area contributed by atoms with Crippen molar-refractivity contribution in [1.82, 2.24) is 0 Å². The fourth-order valence-electron chi connectivity index (χ4n) is 12.5. The van der Waals surface area contributed by atoms with Gasteiger partial charge in [-0.2, -0.15) is 0 Å². The van der Waals surface area contributed by atoms with E-state index in [9.17, 15) is 39.0 Å². The highest BCUT2D eigenvalue weighted by atomic mass is 16.5. The summed E-state index contributed by atoms with van der Waals surface area (Å²) >= 11 is 0. The lowest BCUT2D eigenvalue weighted by Gasteiger charge is -2.34. The maximum absolute atomic E-state index is 14.0. The summed E-state index contributed by atoms with van der Waals surface area (Å²) in [5.41, 5.74) is 2.96. The smallest absolute Gasteiger partial charge is 0.308 e. The van der Waals surface area contributed by atoms with Crippen LogP contribution in [0.5, 0.6) is 23.0 Å². The second-order valence-electron chi connectivity index (χ2n) is 20.8. The molecule has 2 aliphatic heterocycles. The van der Waals surface area contributed by atoms with Crippen molar-refractivity contribution in [3.8, 4) is 23.0 Å². The topological polar surface area (TPSA) is 168 Å². The van der Waals surface area contributed by atoms with Gasteiger partial charge in [-0.15, -0.1) is 0 Å². The highest BCUT2D eigenvalue weighted by molar-refractivity contribution is 6.23. The Morgan fingerprint density at radius 2 is 0.714 bits per heavy atom. The van der Waals surface area contributed by atoms with Gasteiger partial charge in [-0.3, -0.25) is 38.6 Å². The lowest BCUT2D eigenvalue weighted by Crippen LogP contribution is -2.32. The summed E-state index contributed by atoms with van der Waals surface area (Å²) in [5.74, 6) is -0.386. The maximum Gasteiger partial charge on any atom is 0.308 e. The van der Waals surface area contributed by atoms with Crippen molar-refractivity contribution in [2.75, 3.05) is 9.80 Å². The molecule has 8 rings (SSSR count). The molecule has 4 aliphatic rings. The number of esters is 2. The number of ether oxygens (including phenoxy) is 2. The standard InChI is InChI=1S/C32H39NO6.C28H35NO4.12CH4/c1-5-23(24-9-7-6-8-10-24)19-29(25-11-15-27(16-12-25)38-21(3)34)30-20(2)31(36)33(32(30)37)26-13-17-28(18-14-26)39-22(4)35;1-3-19(20-7-5-4-6-8-20)17-25(21-9-13-23(30)14-10-21)26-18(2)27(32)29(28(26)33)22-11-15-24(31)16-12-22;;;;;;;;;;;;/h11-18,20,23-24,29-30H,5-10,19H2,1-4H3;9-16,18-20,25-26,30-31H,3-8,17H2,1-2H3;12*1H4. The fourth-order valence-corrected chi connectivity index (χ4v) is 12.5. The predicted octanol–water partition coefficient (Wildman–Crippen LogP) is 20.1. The van der Waals surface area contributed by atoms with E-state index in [2.05, 4.69) is 13.8 Å². The molecule has 0 spiro atoms. The van der Waals surface area contributed by atoms with E-state index in [1.54, 1.807) is 60.7 Å². The second kappa shape index (κ2) is 40.9. The molecule has 0 radical (unpaired) electrons. The summed E-state index contributed by atoms with van der Waals surface area (Å²) in [4.78, 5) is 79.8. The van der Waals surface area contributed by atoms with Crippen LogP contribution in [-0.4, -0.2) is 45.8 Å². The first-order valence-electron chi connectivity index (χ1n) is 26.5. The van der Waals surface area contributed by atoms with Gasteiger partial charge in [0.2, 0.25) is 23.6 Å². The van der Waals surface area contributed by atoms with Crippen molar-refractivity contribution in [2.24, 2.45) is 47.3 Å². The Morgan fingerprint density at radius 3 is 1.01 bits per heavy atom. The molecule has 84 heavy (non-hydrogen) atoms. The molecule has 2 aliphatic carbocycles. The maximum atomic E-state index is 14.0. The van der Waals surface area contributed by atoms with Crippen molar-refractivity contribution in [2.45, 2.75) is 232 Å². The summed E-state index contributed by atoms with van der Waals surface area (Å²) < 4.78 is 10.4. The zero-order valence-electron chi connectivity index (χ0n) is 43.0. The van der Waals surface area contributed by atoms with E-state index in [4.69, 9.17) is 9.47 Å². The number of hydrogen-bond acceptors (Lipinski definition) is 10. The van der Waals surface area contributed by atoms with E-state index < -0.39 is 29.6 Å². The van der Waals surface area contributed by atoms with Crippen molar-refractivity contribution in [3.05, 3.63) is 108 Å². The zero-order valence-corrected chi connectivity index (χ0v) is 43.0. The minimum atomic E-state index is -0.511. The average Bonchev–Trinajstić information content (AvgIpc) is 3.73. The van der Waals surface area contributed by atoms with Crippen LogP contribution in [0.25, 0.3) is 0 Å². The van der Waals surface area contributed by atoms with E-state index >= 15 is 0 Å². The van der Waals surface area contributed by atoms with Gasteiger partial charge in [0.1, 0.15) is 23.0 Å². The number of carbonyl (C=O) groups excluding carboxylic acids is 6. The normalized spacial score (nSPS) is 19.3. The van der Waals surface area contributed by atoms with E-state index in [-0.39, 0.29) is 142 Å². The van der Waals surface area contributed by atoms with Gasteiger partial charge in [0, 0.05) is 25.7 Å². The minimum absolute atomic E-state index is 0. The Balaban J connectivity index is -0.000000320. The van der Waals surface area contributed by atoms with Crippen LogP contribution < -0.4 is 19.3 Å². The van der Waals surface area contributed by atoms with Gasteiger partial charge < -0.3 is 19.7 Å². The van der Waals surface area contributed by atoms with Crippen LogP contribution in [0.1, 0.15) is 244 Å². The molecule has 0 bridgehead atoms. The number of rotatable bonds is 16. The lowest BCUT2D eigenvalue weighted by molar-refractivity contribution is -0.132. The van der Waals surface area contributed by atoms with E-state index in [0.29, 0.717) is 46.5 Å². The summed E-state index contributed by atoms with van der Waals surface area (Å²) in [6, 6.07) is 27.3. The third-order valence-electron chi connectivity index (χ3n) is 16.3. The van der Waals surface area contributed by atoms with Crippen molar-refractivity contribution in [1.29, 1.82) is 0 Å². The molecule has 480 valence electrons. The highest BCUT2D eigenvalue weighted by Crippen LogP contribution is 2.48. The number of phenols is 2. The molecule has 4 fully saturated rings. The third kappa shape index (κ3) is 21.0. The molecule has 2 saturated heterocycles. The number of phenolic OH excluding ortho intramolecular Hbond substituents is 2. The van der Waals surface area contributed by atoms with Crippen molar-refractivity contribution >= 4 is 46.9 Å². The lowest BCUT2D eigenvalue weighted by atomic mass is 9.69. The number of nitrogens with zero attached hydrogens (tertiary/aromatic N) is 2. The molecule has 4 amide bonds. The number of anilines is 2. The predicted molar refractivity (Wildman–Crippen MR) is 358 cm³/mol. The Labute approximate surface area is 513 Å². The van der Waals surface area contributed by atoms with Crippen LogP contribution in [0.3, 0.4) is 0 Å². The van der Waals surface area contributed by atoms with Crippen LogP contribution in [0.4, 0.5) is 11.4 Å². The molecule has 8 unspecified atom stereocenters. The monoisotopic (exact) mass is 1170 g/mol. The first-order valence-corrected chi connectivity index (χ1v) is 26.5. The molecular weight excluding hydrogens is 1050 g/mol. The van der Waals surface area contributed by atoms with Gasteiger partial charge in [-0.05, 0) is 132 Å². The number of hydrogen-bond donors (Lipinski definition) is 2. The first-order chi connectivity index (χ1) is 34.6. The molecule has 12 nitrogen and oxygen atoms in total. The summed E-state index contributed by atoms with van der Waals surface area (Å²) in [6.45, 7) is 10.9. The number of imide groups is 2. The molecule has 4 aromatic rings. The molecular formula is C72H122N2O10. The van der Waals surface area contributed by atoms with Gasteiger partial charge in [0.25, 0.3) is 0 Å². The van der Waals surface area contributed by atoms with Gasteiger partial charge >= 0.3 is 11.9 Å². The highest BCUT2D eigenvalue weighted by Gasteiger charge is 2.51. The SMILES string of the molecule is C.C.C.C.C.C.C.C.C.C.C.C.CCC(CC(c1ccc(O)cc1)C1C(=O)N(c2ccc(O)cc2)C(=O)C1C)C1CCCCC1.CCC(CC(c1ccc(OC(C)=O)cc1)C1C(=O)N(c2ccc(OC(C)=O)cc2)C(=O)C1C)C1CCCCC1.